The number of fused-ring (bicyclic) bond motifs is 2. The monoisotopic (exact) mass is 625 g/mol. The summed E-state index contributed by atoms with van der Waals surface area (Å²) in [4.78, 5) is 40.7. The van der Waals surface area contributed by atoms with Crippen molar-refractivity contribution in [3.05, 3.63) is 53.0 Å². The minimum atomic E-state index is 0.0645. The van der Waals surface area contributed by atoms with Gasteiger partial charge in [-0.25, -0.2) is 9.50 Å². The molecule has 9 heteroatoms. The molecule has 0 bridgehead atoms. The molecule has 2 saturated heterocycles. The highest BCUT2D eigenvalue weighted by molar-refractivity contribution is 5.93. The minimum absolute atomic E-state index is 0.0645. The van der Waals surface area contributed by atoms with Crippen LogP contribution in [0.1, 0.15) is 93.9 Å². The molecule has 1 unspecified atom stereocenters. The number of hydrogen-bond acceptors (Lipinski definition) is 5. The number of pyridine rings is 1. The Kier molecular flexibility index (Phi) is 9.50. The van der Waals surface area contributed by atoms with Crippen LogP contribution in [0.15, 0.2) is 30.7 Å². The van der Waals surface area contributed by atoms with Gasteiger partial charge in [0.15, 0.2) is 5.65 Å². The summed E-state index contributed by atoms with van der Waals surface area (Å²) < 4.78 is 1.88. The number of amides is 2. The van der Waals surface area contributed by atoms with E-state index in [1.807, 2.05) is 23.3 Å². The molecule has 246 valence electrons. The van der Waals surface area contributed by atoms with Crippen molar-refractivity contribution in [1.29, 1.82) is 0 Å². The van der Waals surface area contributed by atoms with Gasteiger partial charge >= 0.3 is 0 Å². The Bertz CT molecular complexity index is 1710. The molecule has 0 aliphatic carbocycles. The Hall–Kier alpha value is -3.72. The normalized spacial score (nSPS) is 18.2. The summed E-state index contributed by atoms with van der Waals surface area (Å²) in [5.74, 6) is 1.37. The van der Waals surface area contributed by atoms with E-state index in [1.165, 1.54) is 27.6 Å². The summed E-state index contributed by atoms with van der Waals surface area (Å²) in [6.45, 7) is 18.6. The predicted octanol–water partition coefficient (Wildman–Crippen LogP) is 6.29. The summed E-state index contributed by atoms with van der Waals surface area (Å²) in [5.41, 5.74) is 9.46. The van der Waals surface area contributed by atoms with Gasteiger partial charge < -0.3 is 19.7 Å². The third-order valence-electron chi connectivity index (χ3n) is 10.7. The SMILES string of the molecule is CCN(CC)C(=O)C1CCCN(CCC(=O)N2CCC(c3ccc4[nH]c(-c5cn6ncnc6c(C)c5C)c(C(C)C)c4c3)CC2)C1. The fourth-order valence-electron chi connectivity index (χ4n) is 7.88. The number of aryl methyl sites for hydroxylation is 1. The quantitative estimate of drug-likeness (QED) is 0.236. The predicted molar refractivity (Wildman–Crippen MR) is 184 cm³/mol. The molecule has 1 atom stereocenters. The first kappa shape index (κ1) is 32.2. The minimum Gasteiger partial charge on any atom is -0.354 e. The molecule has 2 aliphatic heterocycles. The lowest BCUT2D eigenvalue weighted by Gasteiger charge is -2.35. The second kappa shape index (κ2) is 13.6. The zero-order chi connectivity index (χ0) is 32.5. The summed E-state index contributed by atoms with van der Waals surface area (Å²) >= 11 is 0. The number of H-pyrrole nitrogens is 1. The zero-order valence-electron chi connectivity index (χ0n) is 28.6. The molecule has 0 saturated carbocycles. The maximum atomic E-state index is 13.3. The smallest absolute Gasteiger partial charge is 0.226 e. The molecule has 4 aromatic rings. The molecule has 2 aliphatic rings. The molecular formula is C37H51N7O2. The van der Waals surface area contributed by atoms with Crippen molar-refractivity contribution in [2.24, 2.45) is 5.92 Å². The van der Waals surface area contributed by atoms with Crippen LogP contribution in [0, 0.1) is 19.8 Å². The Morgan fingerprint density at radius 3 is 2.52 bits per heavy atom. The second-order valence-corrected chi connectivity index (χ2v) is 13.7. The Morgan fingerprint density at radius 2 is 1.80 bits per heavy atom. The molecule has 2 fully saturated rings. The third kappa shape index (κ3) is 6.18. The van der Waals surface area contributed by atoms with Crippen molar-refractivity contribution >= 4 is 28.4 Å². The van der Waals surface area contributed by atoms with Gasteiger partial charge in [0, 0.05) is 68.4 Å². The van der Waals surface area contributed by atoms with Crippen LogP contribution in [-0.2, 0) is 9.59 Å². The number of hydrogen-bond donors (Lipinski definition) is 1. The summed E-state index contributed by atoms with van der Waals surface area (Å²) in [6, 6.07) is 6.92. The van der Waals surface area contributed by atoms with Crippen molar-refractivity contribution in [2.45, 2.75) is 85.5 Å². The standard InChI is InChI=1S/C37H51N7O2/c1-7-42(8-2)37(46)29-10-9-16-41(21-29)17-15-33(45)43-18-13-27(14-19-43)28-11-12-32-30(20-28)34(24(3)4)35(40-32)31-22-44-36(38-23-39-44)26(6)25(31)5/h11-12,20,22-24,27,29,40H,7-10,13-19,21H2,1-6H3. The number of aromatic nitrogens is 4. The van der Waals surface area contributed by atoms with Crippen molar-refractivity contribution < 1.29 is 9.59 Å². The van der Waals surface area contributed by atoms with E-state index in [0.29, 0.717) is 18.3 Å². The number of piperidine rings is 2. The fraction of sp³-hybridized carbons (Fsp3) is 0.568. The Morgan fingerprint density at radius 1 is 1.04 bits per heavy atom. The molecule has 0 spiro atoms. The average molecular weight is 626 g/mol. The van der Waals surface area contributed by atoms with Crippen LogP contribution in [0.5, 0.6) is 0 Å². The molecule has 1 aromatic carbocycles. The van der Waals surface area contributed by atoms with Gasteiger partial charge in [0.25, 0.3) is 0 Å². The third-order valence-corrected chi connectivity index (χ3v) is 10.7. The van der Waals surface area contributed by atoms with Crippen molar-refractivity contribution in [3.8, 4) is 11.3 Å². The van der Waals surface area contributed by atoms with E-state index < -0.39 is 0 Å². The Balaban J connectivity index is 1.11. The molecular weight excluding hydrogens is 574 g/mol. The van der Waals surface area contributed by atoms with Crippen molar-refractivity contribution in [2.75, 3.05) is 45.8 Å². The number of nitrogens with one attached hydrogen (secondary N) is 1. The maximum absolute atomic E-state index is 13.3. The van der Waals surface area contributed by atoms with Crippen LogP contribution >= 0.6 is 0 Å². The number of aromatic amines is 1. The number of carbonyl (C=O) groups excluding carboxylic acids is 2. The van der Waals surface area contributed by atoms with Crippen LogP contribution in [-0.4, -0.2) is 91.9 Å². The van der Waals surface area contributed by atoms with E-state index >= 15 is 0 Å². The van der Waals surface area contributed by atoms with Gasteiger partial charge in [0.05, 0.1) is 11.6 Å². The van der Waals surface area contributed by atoms with Crippen LogP contribution in [0.3, 0.4) is 0 Å². The van der Waals surface area contributed by atoms with Gasteiger partial charge in [-0.05, 0) is 106 Å². The van der Waals surface area contributed by atoms with Crippen LogP contribution in [0.25, 0.3) is 27.8 Å². The van der Waals surface area contributed by atoms with E-state index in [9.17, 15) is 9.59 Å². The molecule has 9 nitrogen and oxygen atoms in total. The van der Waals surface area contributed by atoms with Crippen LogP contribution in [0.4, 0.5) is 0 Å². The van der Waals surface area contributed by atoms with E-state index in [-0.39, 0.29) is 17.7 Å². The lowest BCUT2D eigenvalue weighted by molar-refractivity contribution is -0.137. The molecule has 46 heavy (non-hydrogen) atoms. The largest absolute Gasteiger partial charge is 0.354 e. The number of carbonyl (C=O) groups is 2. The number of likely N-dealkylation sites (tertiary alicyclic amines) is 2. The highest BCUT2D eigenvalue weighted by Gasteiger charge is 2.30. The lowest BCUT2D eigenvalue weighted by Crippen LogP contribution is -2.46. The summed E-state index contributed by atoms with van der Waals surface area (Å²) in [6.07, 6.45) is 8.20. The number of benzene rings is 1. The van der Waals surface area contributed by atoms with Crippen molar-refractivity contribution in [1.82, 2.24) is 34.3 Å². The average Bonchev–Trinajstić information content (AvgIpc) is 3.70. The highest BCUT2D eigenvalue weighted by atomic mass is 16.2. The molecule has 2 amide bonds. The van der Waals surface area contributed by atoms with Gasteiger partial charge in [-0.1, -0.05) is 19.9 Å². The van der Waals surface area contributed by atoms with Gasteiger partial charge in [-0.15, -0.1) is 0 Å². The van der Waals surface area contributed by atoms with Gasteiger partial charge in [0.2, 0.25) is 11.8 Å². The van der Waals surface area contributed by atoms with E-state index in [1.54, 1.807) is 6.33 Å². The van der Waals surface area contributed by atoms with E-state index in [0.717, 1.165) is 93.9 Å². The second-order valence-electron chi connectivity index (χ2n) is 13.7. The zero-order valence-corrected chi connectivity index (χ0v) is 28.6. The molecule has 1 N–H and O–H groups in total. The van der Waals surface area contributed by atoms with Crippen LogP contribution in [0.2, 0.25) is 0 Å². The first-order valence-corrected chi connectivity index (χ1v) is 17.4. The highest BCUT2D eigenvalue weighted by Crippen LogP contribution is 2.40. The van der Waals surface area contributed by atoms with E-state index in [4.69, 9.17) is 0 Å². The number of rotatable bonds is 9. The fourth-order valence-corrected chi connectivity index (χ4v) is 7.88. The molecule has 3 aromatic heterocycles. The van der Waals surface area contributed by atoms with Gasteiger partial charge in [0.1, 0.15) is 6.33 Å². The van der Waals surface area contributed by atoms with Crippen LogP contribution < -0.4 is 0 Å². The van der Waals surface area contributed by atoms with E-state index in [2.05, 4.69) is 77.0 Å². The number of nitrogens with zero attached hydrogens (tertiary/aromatic N) is 6. The van der Waals surface area contributed by atoms with Crippen molar-refractivity contribution in [3.63, 3.8) is 0 Å². The van der Waals surface area contributed by atoms with Gasteiger partial charge in [-0.2, -0.15) is 5.10 Å². The molecule has 5 heterocycles. The summed E-state index contributed by atoms with van der Waals surface area (Å²) in [7, 11) is 0. The topological polar surface area (TPSA) is 89.8 Å². The summed E-state index contributed by atoms with van der Waals surface area (Å²) in [5, 5.41) is 5.72. The maximum Gasteiger partial charge on any atom is 0.226 e. The molecule has 0 radical (unpaired) electrons. The van der Waals surface area contributed by atoms with Gasteiger partial charge in [-0.3, -0.25) is 9.59 Å². The first-order valence-electron chi connectivity index (χ1n) is 17.4. The Labute approximate surface area is 273 Å². The molecule has 6 rings (SSSR count). The lowest BCUT2D eigenvalue weighted by atomic mass is 9.87. The first-order chi connectivity index (χ1) is 22.2.